The van der Waals surface area contributed by atoms with Crippen LogP contribution >= 0.6 is 0 Å². The Balaban J connectivity index is 1.96. The first-order chi connectivity index (χ1) is 9.65. The van der Waals surface area contributed by atoms with Crippen LogP contribution < -0.4 is 0 Å². The van der Waals surface area contributed by atoms with Gasteiger partial charge in [-0.15, -0.1) is 0 Å². The first-order valence-electron chi connectivity index (χ1n) is 6.33. The average molecular weight is 286 g/mol. The monoisotopic (exact) mass is 286 g/mol. The molecule has 3 aromatic rings. The van der Waals surface area contributed by atoms with Crippen molar-refractivity contribution in [2.45, 2.75) is 24.0 Å². The molecule has 0 amide bonds. The van der Waals surface area contributed by atoms with Gasteiger partial charge in [0.05, 0.1) is 10.8 Å². The molecule has 0 spiro atoms. The van der Waals surface area contributed by atoms with Crippen LogP contribution in [0.5, 0.6) is 0 Å². The van der Waals surface area contributed by atoms with Crippen LogP contribution in [0.15, 0.2) is 41.6 Å². The fourth-order valence-electron chi connectivity index (χ4n) is 1.90. The van der Waals surface area contributed by atoms with Gasteiger partial charge in [-0.25, -0.2) is 15.0 Å². The number of hydrogen-bond acceptors (Lipinski definition) is 4. The Bertz CT molecular complexity index is 731. The summed E-state index contributed by atoms with van der Waals surface area (Å²) >= 11 is 0. The van der Waals surface area contributed by atoms with Crippen LogP contribution in [0.25, 0.3) is 22.7 Å². The zero-order chi connectivity index (χ0) is 14.1. The normalized spacial score (nSPS) is 12.9. The Labute approximate surface area is 119 Å². The van der Waals surface area contributed by atoms with Crippen molar-refractivity contribution in [3.63, 3.8) is 0 Å². The number of nitrogens with zero attached hydrogens (tertiary/aromatic N) is 3. The highest BCUT2D eigenvalue weighted by Gasteiger charge is 2.10. The van der Waals surface area contributed by atoms with Crippen molar-refractivity contribution in [3.8, 4) is 11.4 Å². The molecule has 6 heteroatoms. The SMILES string of the molecule is CC(C)S(=O)c1ccc(-c2nc3nccnc3[nH]2)cc1. The largest absolute Gasteiger partial charge is 0.321 e. The van der Waals surface area contributed by atoms with E-state index in [0.29, 0.717) is 17.1 Å². The van der Waals surface area contributed by atoms with E-state index in [1.165, 1.54) is 0 Å². The second kappa shape index (κ2) is 5.13. The standard InChI is InChI=1S/C14H14N4OS/c1-9(2)20(19)11-5-3-10(4-6-11)12-17-13-14(18-12)16-8-7-15-13/h3-9H,1-2H3,(H,15,16,17,18). The highest BCUT2D eigenvalue weighted by molar-refractivity contribution is 7.85. The lowest BCUT2D eigenvalue weighted by atomic mass is 10.2. The van der Waals surface area contributed by atoms with E-state index in [2.05, 4.69) is 19.9 Å². The topological polar surface area (TPSA) is 71.5 Å². The molecule has 2 heterocycles. The first-order valence-corrected chi connectivity index (χ1v) is 7.54. The Morgan fingerprint density at radius 1 is 1.10 bits per heavy atom. The predicted octanol–water partition coefficient (Wildman–Crippen LogP) is 2.54. The fourth-order valence-corrected chi connectivity index (χ4v) is 2.85. The number of benzene rings is 1. The van der Waals surface area contributed by atoms with Crippen molar-refractivity contribution in [1.82, 2.24) is 19.9 Å². The van der Waals surface area contributed by atoms with Gasteiger partial charge in [-0.05, 0) is 12.1 Å². The quantitative estimate of drug-likeness (QED) is 0.803. The van der Waals surface area contributed by atoms with Crippen LogP contribution in [0, 0.1) is 0 Å². The van der Waals surface area contributed by atoms with E-state index in [-0.39, 0.29) is 5.25 Å². The zero-order valence-corrected chi connectivity index (χ0v) is 12.0. The van der Waals surface area contributed by atoms with Crippen LogP contribution in [0.2, 0.25) is 0 Å². The minimum atomic E-state index is -0.970. The van der Waals surface area contributed by atoms with Crippen molar-refractivity contribution in [2.24, 2.45) is 0 Å². The number of aromatic nitrogens is 4. The van der Waals surface area contributed by atoms with Crippen molar-refractivity contribution < 1.29 is 4.21 Å². The molecule has 0 saturated heterocycles. The van der Waals surface area contributed by atoms with Gasteiger partial charge in [0, 0.05) is 28.1 Å². The van der Waals surface area contributed by atoms with Crippen molar-refractivity contribution in [3.05, 3.63) is 36.7 Å². The first kappa shape index (κ1) is 12.9. The highest BCUT2D eigenvalue weighted by atomic mass is 32.2. The molecule has 5 nitrogen and oxygen atoms in total. The molecule has 0 bridgehead atoms. The zero-order valence-electron chi connectivity index (χ0n) is 11.2. The molecule has 1 aromatic carbocycles. The third kappa shape index (κ3) is 2.34. The Kier molecular flexibility index (Phi) is 3.31. The van der Waals surface area contributed by atoms with Crippen LogP contribution in [-0.4, -0.2) is 29.4 Å². The molecule has 0 fully saturated rings. The maximum absolute atomic E-state index is 12.0. The summed E-state index contributed by atoms with van der Waals surface area (Å²) in [7, 11) is -0.970. The summed E-state index contributed by atoms with van der Waals surface area (Å²) in [6.45, 7) is 3.89. The number of imidazole rings is 1. The van der Waals surface area contributed by atoms with Crippen LogP contribution in [-0.2, 0) is 10.8 Å². The third-order valence-electron chi connectivity index (χ3n) is 2.92. The second-order valence-corrected chi connectivity index (χ2v) is 6.69. The van der Waals surface area contributed by atoms with Crippen LogP contribution in [0.3, 0.4) is 0 Å². The number of H-pyrrole nitrogens is 1. The van der Waals surface area contributed by atoms with Crippen LogP contribution in [0.1, 0.15) is 13.8 Å². The molecule has 1 atom stereocenters. The summed E-state index contributed by atoms with van der Waals surface area (Å²) in [6, 6.07) is 7.57. The van der Waals surface area contributed by atoms with E-state index in [4.69, 9.17) is 0 Å². The van der Waals surface area contributed by atoms with Crippen molar-refractivity contribution >= 4 is 22.1 Å². The van der Waals surface area contributed by atoms with Gasteiger partial charge in [0.2, 0.25) is 0 Å². The minimum absolute atomic E-state index is 0.112. The Hall–Kier alpha value is -2.08. The summed E-state index contributed by atoms with van der Waals surface area (Å²) in [5, 5.41) is 0.112. The number of hydrogen-bond donors (Lipinski definition) is 1. The molecule has 0 radical (unpaired) electrons. The number of fused-ring (bicyclic) bond motifs is 1. The summed E-state index contributed by atoms with van der Waals surface area (Å²) < 4.78 is 12.0. The van der Waals surface area contributed by atoms with Gasteiger partial charge in [-0.3, -0.25) is 4.21 Å². The molecule has 102 valence electrons. The molecule has 0 aliphatic heterocycles. The lowest BCUT2D eigenvalue weighted by Gasteiger charge is -2.05. The Morgan fingerprint density at radius 2 is 1.80 bits per heavy atom. The van der Waals surface area contributed by atoms with Gasteiger partial charge in [-0.2, -0.15) is 0 Å². The summed E-state index contributed by atoms with van der Waals surface area (Å²) in [4.78, 5) is 16.7. The maximum Gasteiger partial charge on any atom is 0.197 e. The second-order valence-electron chi connectivity index (χ2n) is 4.68. The summed E-state index contributed by atoms with van der Waals surface area (Å²) in [6.07, 6.45) is 3.24. The van der Waals surface area contributed by atoms with Gasteiger partial charge in [0.1, 0.15) is 5.82 Å². The molecule has 3 rings (SSSR count). The van der Waals surface area contributed by atoms with Gasteiger partial charge in [-0.1, -0.05) is 26.0 Å². The van der Waals surface area contributed by atoms with Crippen molar-refractivity contribution in [1.29, 1.82) is 0 Å². The summed E-state index contributed by atoms with van der Waals surface area (Å²) in [5.74, 6) is 0.716. The van der Waals surface area contributed by atoms with E-state index in [0.717, 1.165) is 10.5 Å². The van der Waals surface area contributed by atoms with Crippen molar-refractivity contribution in [2.75, 3.05) is 0 Å². The minimum Gasteiger partial charge on any atom is -0.321 e. The molecule has 20 heavy (non-hydrogen) atoms. The molecule has 0 aliphatic carbocycles. The lowest BCUT2D eigenvalue weighted by molar-refractivity contribution is 0.677. The van der Waals surface area contributed by atoms with Gasteiger partial charge >= 0.3 is 0 Å². The van der Waals surface area contributed by atoms with Gasteiger partial charge < -0.3 is 4.98 Å². The molecule has 1 N–H and O–H groups in total. The summed E-state index contributed by atoms with van der Waals surface area (Å²) in [5.41, 5.74) is 2.18. The van der Waals surface area contributed by atoms with Crippen LogP contribution in [0.4, 0.5) is 0 Å². The average Bonchev–Trinajstić information content (AvgIpc) is 2.90. The smallest absolute Gasteiger partial charge is 0.197 e. The lowest BCUT2D eigenvalue weighted by Crippen LogP contribution is -2.05. The number of aromatic amines is 1. The van der Waals surface area contributed by atoms with E-state index in [1.807, 2.05) is 38.1 Å². The number of nitrogens with one attached hydrogen (secondary N) is 1. The van der Waals surface area contributed by atoms with Gasteiger partial charge in [0.15, 0.2) is 11.3 Å². The molecular formula is C14H14N4OS. The van der Waals surface area contributed by atoms with Gasteiger partial charge in [0.25, 0.3) is 0 Å². The maximum atomic E-state index is 12.0. The van der Waals surface area contributed by atoms with E-state index >= 15 is 0 Å². The third-order valence-corrected chi connectivity index (χ3v) is 4.51. The molecule has 1 unspecified atom stereocenters. The molecule has 2 aromatic heterocycles. The van der Waals surface area contributed by atoms with E-state index in [9.17, 15) is 4.21 Å². The Morgan fingerprint density at radius 3 is 2.45 bits per heavy atom. The molecular weight excluding hydrogens is 272 g/mol. The predicted molar refractivity (Wildman–Crippen MR) is 78.7 cm³/mol. The van der Waals surface area contributed by atoms with E-state index in [1.54, 1.807) is 12.4 Å². The molecule has 0 saturated carbocycles. The highest BCUT2D eigenvalue weighted by Crippen LogP contribution is 2.20. The van der Waals surface area contributed by atoms with E-state index < -0.39 is 10.8 Å². The number of rotatable bonds is 3. The molecule has 0 aliphatic rings. The fraction of sp³-hybridized carbons (Fsp3) is 0.214.